The highest BCUT2D eigenvalue weighted by Gasteiger charge is 2.33. The Balaban J connectivity index is 1.65. The molecular weight excluding hydrogens is 236 g/mol. The number of furan rings is 1. The van der Waals surface area contributed by atoms with Crippen LogP contribution in [0.2, 0.25) is 0 Å². The third-order valence-corrected chi connectivity index (χ3v) is 4.58. The fraction of sp³-hybridized carbons (Fsp3) is 0.750. The fourth-order valence-electron chi connectivity index (χ4n) is 3.70. The van der Waals surface area contributed by atoms with Crippen LogP contribution < -0.4 is 0 Å². The van der Waals surface area contributed by atoms with Crippen molar-refractivity contribution in [3.63, 3.8) is 0 Å². The third kappa shape index (κ3) is 3.03. The van der Waals surface area contributed by atoms with Gasteiger partial charge in [0.1, 0.15) is 11.5 Å². The Hall–Kier alpha value is -0.800. The molecular formula is C16H26N2O. The SMILES string of the molecule is CCCc1ccc(CN2C[C@@H]3CC[C@H]2CN(C)C3)o1. The molecule has 1 aromatic rings. The van der Waals surface area contributed by atoms with E-state index in [1.54, 1.807) is 0 Å². The smallest absolute Gasteiger partial charge is 0.118 e. The van der Waals surface area contributed by atoms with Crippen LogP contribution in [0.15, 0.2) is 16.5 Å². The number of piperidine rings is 1. The second-order valence-electron chi connectivity index (χ2n) is 6.37. The molecule has 1 aromatic heterocycles. The summed E-state index contributed by atoms with van der Waals surface area (Å²) < 4.78 is 5.95. The molecule has 3 fully saturated rings. The number of likely N-dealkylation sites (N-methyl/N-ethyl adjacent to an activating group) is 1. The van der Waals surface area contributed by atoms with Crippen LogP contribution in [0.3, 0.4) is 0 Å². The maximum atomic E-state index is 5.95. The quantitative estimate of drug-likeness (QED) is 0.832. The van der Waals surface area contributed by atoms with Gasteiger partial charge in [0.25, 0.3) is 0 Å². The van der Waals surface area contributed by atoms with E-state index in [0.29, 0.717) is 0 Å². The van der Waals surface area contributed by atoms with Crippen LogP contribution in [0.1, 0.15) is 37.7 Å². The lowest BCUT2D eigenvalue weighted by Gasteiger charge is -2.35. The van der Waals surface area contributed by atoms with Gasteiger partial charge in [0, 0.05) is 32.1 Å². The largest absolute Gasteiger partial charge is 0.465 e. The summed E-state index contributed by atoms with van der Waals surface area (Å²) in [6.07, 6.45) is 4.99. The molecule has 2 bridgehead atoms. The molecule has 0 amide bonds. The first-order valence-electron chi connectivity index (χ1n) is 7.74. The first-order valence-corrected chi connectivity index (χ1v) is 7.74. The van der Waals surface area contributed by atoms with Gasteiger partial charge in [0.2, 0.25) is 0 Å². The second-order valence-corrected chi connectivity index (χ2v) is 6.37. The van der Waals surface area contributed by atoms with E-state index >= 15 is 0 Å². The summed E-state index contributed by atoms with van der Waals surface area (Å²) in [7, 11) is 2.26. The molecule has 3 aliphatic heterocycles. The van der Waals surface area contributed by atoms with Crippen molar-refractivity contribution >= 4 is 0 Å². The molecule has 0 N–H and O–H groups in total. The van der Waals surface area contributed by atoms with Crippen LogP contribution in [0.25, 0.3) is 0 Å². The van der Waals surface area contributed by atoms with Gasteiger partial charge < -0.3 is 9.32 Å². The normalized spacial score (nSPS) is 28.7. The van der Waals surface area contributed by atoms with E-state index in [0.717, 1.165) is 42.9 Å². The zero-order chi connectivity index (χ0) is 13.2. The van der Waals surface area contributed by atoms with Crippen molar-refractivity contribution in [1.29, 1.82) is 0 Å². The van der Waals surface area contributed by atoms with Gasteiger partial charge in [-0.1, -0.05) is 6.92 Å². The van der Waals surface area contributed by atoms with Crippen molar-refractivity contribution in [3.05, 3.63) is 23.7 Å². The Morgan fingerprint density at radius 2 is 2.00 bits per heavy atom. The maximum absolute atomic E-state index is 5.95. The van der Waals surface area contributed by atoms with Crippen LogP contribution in [-0.2, 0) is 13.0 Å². The Kier molecular flexibility index (Phi) is 3.94. The maximum Gasteiger partial charge on any atom is 0.118 e. The van der Waals surface area contributed by atoms with Gasteiger partial charge in [-0.2, -0.15) is 0 Å². The van der Waals surface area contributed by atoms with E-state index in [-0.39, 0.29) is 0 Å². The van der Waals surface area contributed by atoms with E-state index in [4.69, 9.17) is 4.42 Å². The summed E-state index contributed by atoms with van der Waals surface area (Å²) in [5, 5.41) is 0. The van der Waals surface area contributed by atoms with Crippen molar-refractivity contribution in [3.8, 4) is 0 Å². The van der Waals surface area contributed by atoms with Gasteiger partial charge in [0.15, 0.2) is 0 Å². The predicted molar refractivity (Wildman–Crippen MR) is 77.1 cm³/mol. The zero-order valence-corrected chi connectivity index (χ0v) is 12.3. The lowest BCUT2D eigenvalue weighted by molar-refractivity contribution is 0.115. The Bertz CT molecular complexity index is 415. The first-order chi connectivity index (χ1) is 9.24. The molecule has 3 heteroatoms. The van der Waals surface area contributed by atoms with Crippen LogP contribution >= 0.6 is 0 Å². The zero-order valence-electron chi connectivity index (χ0n) is 12.3. The highest BCUT2D eigenvalue weighted by atomic mass is 16.3. The second kappa shape index (κ2) is 5.68. The first kappa shape index (κ1) is 13.2. The van der Waals surface area contributed by atoms with Gasteiger partial charge in [-0.3, -0.25) is 4.90 Å². The van der Waals surface area contributed by atoms with Crippen LogP contribution in [0.4, 0.5) is 0 Å². The van der Waals surface area contributed by atoms with Crippen LogP contribution in [0.5, 0.6) is 0 Å². The van der Waals surface area contributed by atoms with Crippen molar-refractivity contribution in [2.24, 2.45) is 5.92 Å². The van der Waals surface area contributed by atoms with Gasteiger partial charge in [-0.05, 0) is 44.4 Å². The minimum Gasteiger partial charge on any atom is -0.465 e. The van der Waals surface area contributed by atoms with Gasteiger partial charge in [0.05, 0.1) is 6.54 Å². The predicted octanol–water partition coefficient (Wildman–Crippen LogP) is 2.76. The van der Waals surface area contributed by atoms with Crippen molar-refractivity contribution in [1.82, 2.24) is 9.80 Å². The van der Waals surface area contributed by atoms with Crippen LogP contribution in [0, 0.1) is 5.92 Å². The number of hydrogen-bond acceptors (Lipinski definition) is 3. The molecule has 0 radical (unpaired) electrons. The highest BCUT2D eigenvalue weighted by molar-refractivity contribution is 5.08. The Morgan fingerprint density at radius 3 is 2.84 bits per heavy atom. The summed E-state index contributed by atoms with van der Waals surface area (Å²) in [5.74, 6) is 3.15. The highest BCUT2D eigenvalue weighted by Crippen LogP contribution is 2.28. The monoisotopic (exact) mass is 262 g/mol. The number of hydrogen-bond donors (Lipinski definition) is 0. The molecule has 106 valence electrons. The summed E-state index contributed by atoms with van der Waals surface area (Å²) >= 11 is 0. The van der Waals surface area contributed by atoms with Crippen molar-refractivity contribution in [2.45, 2.75) is 45.2 Å². The number of aryl methyl sites for hydroxylation is 1. The van der Waals surface area contributed by atoms with Crippen LogP contribution in [-0.4, -0.2) is 42.5 Å². The third-order valence-electron chi connectivity index (χ3n) is 4.58. The minimum absolute atomic E-state index is 0.725. The molecule has 2 atom stereocenters. The Labute approximate surface area is 116 Å². The molecule has 4 heterocycles. The number of rotatable bonds is 4. The standard InChI is InChI=1S/C16H26N2O/c1-3-4-15-7-8-16(19-15)12-18-10-13-5-6-14(18)11-17(2)9-13/h7-8,13-14H,3-6,9-12H2,1-2H3/t13-,14+/m1/s1. The van der Waals surface area contributed by atoms with E-state index in [1.165, 1.54) is 32.5 Å². The van der Waals surface area contributed by atoms with Gasteiger partial charge >= 0.3 is 0 Å². The lowest BCUT2D eigenvalue weighted by atomic mass is 9.95. The van der Waals surface area contributed by atoms with E-state index in [2.05, 4.69) is 35.9 Å². The summed E-state index contributed by atoms with van der Waals surface area (Å²) in [6, 6.07) is 5.05. The molecule has 19 heavy (non-hydrogen) atoms. The summed E-state index contributed by atoms with van der Waals surface area (Å²) in [4.78, 5) is 5.15. The molecule has 0 spiro atoms. The van der Waals surface area contributed by atoms with E-state index in [9.17, 15) is 0 Å². The molecule has 0 aromatic carbocycles. The topological polar surface area (TPSA) is 19.6 Å². The van der Waals surface area contributed by atoms with Gasteiger partial charge in [-0.25, -0.2) is 0 Å². The molecule has 0 saturated carbocycles. The van der Waals surface area contributed by atoms with Crippen molar-refractivity contribution in [2.75, 3.05) is 26.7 Å². The summed E-state index contributed by atoms with van der Waals surface area (Å²) in [5.41, 5.74) is 0. The molecule has 0 aliphatic carbocycles. The van der Waals surface area contributed by atoms with E-state index in [1.807, 2.05) is 0 Å². The average molecular weight is 262 g/mol. The number of fused-ring (bicyclic) bond motifs is 4. The van der Waals surface area contributed by atoms with Crippen molar-refractivity contribution < 1.29 is 4.42 Å². The minimum atomic E-state index is 0.725. The fourth-order valence-corrected chi connectivity index (χ4v) is 3.70. The van der Waals surface area contributed by atoms with Gasteiger partial charge in [-0.15, -0.1) is 0 Å². The Morgan fingerprint density at radius 1 is 1.16 bits per heavy atom. The molecule has 3 aliphatic rings. The molecule has 3 nitrogen and oxygen atoms in total. The molecule has 3 saturated heterocycles. The average Bonchev–Trinajstić information content (AvgIpc) is 2.65. The lowest BCUT2D eigenvalue weighted by Crippen LogP contribution is -2.43. The number of nitrogens with zero attached hydrogens (tertiary/aromatic N) is 2. The summed E-state index contributed by atoms with van der Waals surface area (Å²) in [6.45, 7) is 6.94. The van der Waals surface area contributed by atoms with E-state index < -0.39 is 0 Å². The molecule has 0 unspecified atom stereocenters. The molecule has 4 rings (SSSR count).